The van der Waals surface area contributed by atoms with E-state index in [1.807, 2.05) is 0 Å². The van der Waals surface area contributed by atoms with Gasteiger partial charge in [-0.3, -0.25) is 0 Å². The van der Waals surface area contributed by atoms with E-state index < -0.39 is 12.3 Å². The Bertz CT molecular complexity index is 222. The van der Waals surface area contributed by atoms with Crippen molar-refractivity contribution in [2.45, 2.75) is 57.9 Å². The molecule has 0 aromatic rings. The Kier molecular flexibility index (Phi) is 5.25. The molecule has 1 saturated carbocycles. The fraction of sp³-hybridized carbons (Fsp3) is 1.00. The van der Waals surface area contributed by atoms with E-state index >= 15 is 0 Å². The van der Waals surface area contributed by atoms with Gasteiger partial charge in [0.25, 0.3) is 0 Å². The Labute approximate surface area is 101 Å². The van der Waals surface area contributed by atoms with Crippen LogP contribution in [0.25, 0.3) is 0 Å². The molecular weight excluding hydrogens is 231 g/mol. The Morgan fingerprint density at radius 2 is 1.71 bits per heavy atom. The van der Waals surface area contributed by atoms with Crippen molar-refractivity contribution in [1.82, 2.24) is 0 Å². The predicted octanol–water partition coefficient (Wildman–Crippen LogP) is 3.11. The smallest absolute Gasteiger partial charge is 0.365 e. The van der Waals surface area contributed by atoms with E-state index in [-0.39, 0.29) is 19.1 Å². The summed E-state index contributed by atoms with van der Waals surface area (Å²) in [6.45, 7) is 4.14. The highest BCUT2D eigenvalue weighted by Gasteiger charge is 2.42. The fourth-order valence-corrected chi connectivity index (χ4v) is 2.68. The predicted molar refractivity (Wildman–Crippen MR) is 60.6 cm³/mol. The maximum Gasteiger partial charge on any atom is 0.414 e. The third kappa shape index (κ3) is 4.84. The van der Waals surface area contributed by atoms with E-state index in [9.17, 15) is 13.2 Å². The second kappa shape index (κ2) is 6.05. The SMILES string of the molecule is CC1CC(C)CC(OC(CCN)C(F)(F)F)C1. The average Bonchev–Trinajstić information content (AvgIpc) is 2.13. The van der Waals surface area contributed by atoms with Gasteiger partial charge in [0.05, 0.1) is 6.10 Å². The molecule has 102 valence electrons. The highest BCUT2D eigenvalue weighted by Crippen LogP contribution is 2.34. The second-order valence-corrected chi connectivity index (χ2v) is 5.28. The zero-order valence-electron chi connectivity index (χ0n) is 10.5. The Morgan fingerprint density at radius 3 is 2.12 bits per heavy atom. The molecule has 17 heavy (non-hydrogen) atoms. The van der Waals surface area contributed by atoms with Gasteiger partial charge in [0.2, 0.25) is 0 Å². The van der Waals surface area contributed by atoms with E-state index in [1.54, 1.807) is 0 Å². The zero-order chi connectivity index (χ0) is 13.1. The van der Waals surface area contributed by atoms with Crippen LogP contribution in [0.2, 0.25) is 0 Å². The molecule has 1 aliphatic rings. The summed E-state index contributed by atoms with van der Waals surface area (Å²) in [5.74, 6) is 0.881. The summed E-state index contributed by atoms with van der Waals surface area (Å²) in [5.41, 5.74) is 5.21. The number of halogens is 3. The van der Waals surface area contributed by atoms with Crippen molar-refractivity contribution in [2.24, 2.45) is 17.6 Å². The summed E-state index contributed by atoms with van der Waals surface area (Å²) < 4.78 is 43.3. The lowest BCUT2D eigenvalue weighted by molar-refractivity contribution is -0.239. The van der Waals surface area contributed by atoms with Gasteiger partial charge < -0.3 is 10.5 Å². The Hall–Kier alpha value is -0.290. The molecule has 5 heteroatoms. The van der Waals surface area contributed by atoms with Crippen LogP contribution in [-0.4, -0.2) is 24.9 Å². The van der Waals surface area contributed by atoms with Crippen molar-refractivity contribution in [3.63, 3.8) is 0 Å². The zero-order valence-corrected chi connectivity index (χ0v) is 10.5. The van der Waals surface area contributed by atoms with Gasteiger partial charge in [-0.15, -0.1) is 0 Å². The quantitative estimate of drug-likeness (QED) is 0.835. The number of hydrogen-bond donors (Lipinski definition) is 1. The summed E-state index contributed by atoms with van der Waals surface area (Å²) in [6.07, 6.45) is -3.90. The average molecular weight is 253 g/mol. The molecule has 0 amide bonds. The first-order valence-corrected chi connectivity index (χ1v) is 6.25. The number of hydrogen-bond acceptors (Lipinski definition) is 2. The molecule has 1 rings (SSSR count). The van der Waals surface area contributed by atoms with Crippen molar-refractivity contribution in [1.29, 1.82) is 0 Å². The van der Waals surface area contributed by atoms with Crippen LogP contribution in [0.3, 0.4) is 0 Å². The fourth-order valence-electron chi connectivity index (χ4n) is 2.68. The number of nitrogens with two attached hydrogens (primary N) is 1. The molecule has 0 aromatic carbocycles. The first kappa shape index (κ1) is 14.8. The van der Waals surface area contributed by atoms with Crippen LogP contribution < -0.4 is 5.73 Å². The maximum absolute atomic E-state index is 12.7. The molecule has 0 spiro atoms. The normalized spacial score (nSPS) is 32.5. The largest absolute Gasteiger partial charge is 0.414 e. The van der Waals surface area contributed by atoms with Crippen LogP contribution in [0.4, 0.5) is 13.2 Å². The molecule has 0 radical (unpaired) electrons. The van der Waals surface area contributed by atoms with Crippen LogP contribution in [0.15, 0.2) is 0 Å². The van der Waals surface area contributed by atoms with Gasteiger partial charge in [0.1, 0.15) is 0 Å². The molecule has 3 unspecified atom stereocenters. The molecule has 0 saturated heterocycles. The molecule has 0 aliphatic heterocycles. The minimum Gasteiger partial charge on any atom is -0.365 e. The first-order chi connectivity index (χ1) is 7.82. The summed E-state index contributed by atoms with van der Waals surface area (Å²) in [6, 6.07) is 0. The second-order valence-electron chi connectivity index (χ2n) is 5.28. The van der Waals surface area contributed by atoms with Crippen molar-refractivity contribution in [2.75, 3.05) is 6.54 Å². The lowest BCUT2D eigenvalue weighted by atomic mass is 9.81. The Morgan fingerprint density at radius 1 is 1.18 bits per heavy atom. The lowest BCUT2D eigenvalue weighted by Crippen LogP contribution is -2.39. The molecule has 0 bridgehead atoms. The summed E-state index contributed by atoms with van der Waals surface area (Å²) >= 11 is 0. The van der Waals surface area contributed by atoms with Crippen molar-refractivity contribution in [3.05, 3.63) is 0 Å². The van der Waals surface area contributed by atoms with Crippen LogP contribution in [0.5, 0.6) is 0 Å². The standard InChI is InChI=1S/C12H22F3NO/c1-8-5-9(2)7-10(6-8)17-11(3-4-16)12(13,14)15/h8-11H,3-7,16H2,1-2H3. The van der Waals surface area contributed by atoms with E-state index in [0.717, 1.165) is 19.3 Å². The summed E-state index contributed by atoms with van der Waals surface area (Å²) in [7, 11) is 0. The molecule has 0 heterocycles. The molecule has 1 fully saturated rings. The minimum atomic E-state index is -4.30. The molecule has 0 aromatic heterocycles. The van der Waals surface area contributed by atoms with E-state index in [4.69, 9.17) is 10.5 Å². The monoisotopic (exact) mass is 253 g/mol. The van der Waals surface area contributed by atoms with Crippen LogP contribution in [0.1, 0.15) is 39.5 Å². The first-order valence-electron chi connectivity index (χ1n) is 6.25. The number of rotatable bonds is 4. The Balaban J connectivity index is 2.54. The molecule has 3 atom stereocenters. The van der Waals surface area contributed by atoms with Gasteiger partial charge in [0, 0.05) is 0 Å². The molecule has 1 aliphatic carbocycles. The molecule has 2 N–H and O–H groups in total. The maximum atomic E-state index is 12.7. The minimum absolute atomic E-state index is 0.00199. The molecular formula is C12H22F3NO. The van der Waals surface area contributed by atoms with Gasteiger partial charge in [-0.25, -0.2) is 0 Å². The van der Waals surface area contributed by atoms with Crippen LogP contribution >= 0.6 is 0 Å². The third-order valence-corrected chi connectivity index (χ3v) is 3.29. The van der Waals surface area contributed by atoms with Gasteiger partial charge in [-0.05, 0) is 44.1 Å². The van der Waals surface area contributed by atoms with Crippen LogP contribution in [0, 0.1) is 11.8 Å². The van der Waals surface area contributed by atoms with Gasteiger partial charge in [0.15, 0.2) is 6.10 Å². The summed E-state index contributed by atoms with van der Waals surface area (Å²) in [4.78, 5) is 0. The number of ether oxygens (including phenoxy) is 1. The van der Waals surface area contributed by atoms with E-state index in [0.29, 0.717) is 11.8 Å². The highest BCUT2D eigenvalue weighted by molar-refractivity contribution is 4.78. The van der Waals surface area contributed by atoms with Crippen LogP contribution in [-0.2, 0) is 4.74 Å². The van der Waals surface area contributed by atoms with E-state index in [2.05, 4.69) is 13.8 Å². The van der Waals surface area contributed by atoms with Crippen molar-refractivity contribution < 1.29 is 17.9 Å². The summed E-state index contributed by atoms with van der Waals surface area (Å²) in [5, 5.41) is 0. The van der Waals surface area contributed by atoms with Gasteiger partial charge in [-0.2, -0.15) is 13.2 Å². The van der Waals surface area contributed by atoms with Gasteiger partial charge in [-0.1, -0.05) is 13.8 Å². The molecule has 2 nitrogen and oxygen atoms in total. The highest BCUT2D eigenvalue weighted by atomic mass is 19.4. The lowest BCUT2D eigenvalue weighted by Gasteiger charge is -2.34. The third-order valence-electron chi connectivity index (χ3n) is 3.29. The van der Waals surface area contributed by atoms with Crippen molar-refractivity contribution in [3.8, 4) is 0 Å². The topological polar surface area (TPSA) is 35.2 Å². The van der Waals surface area contributed by atoms with E-state index in [1.165, 1.54) is 0 Å². The number of alkyl halides is 3. The van der Waals surface area contributed by atoms with Crippen molar-refractivity contribution >= 4 is 0 Å². The van der Waals surface area contributed by atoms with Gasteiger partial charge >= 0.3 is 6.18 Å².